The number of methoxy groups -OCH3 is 1. The Labute approximate surface area is 167 Å². The summed E-state index contributed by atoms with van der Waals surface area (Å²) in [5, 5.41) is 13.9. The zero-order chi connectivity index (χ0) is 22.1. The largest absolute Gasteiger partial charge is 0.493 e. The number of carboxylic acids is 1. The number of aromatic nitrogens is 3. The highest BCUT2D eigenvalue weighted by molar-refractivity contribution is 6.14. The molecule has 0 aromatic carbocycles. The van der Waals surface area contributed by atoms with E-state index in [-0.39, 0.29) is 11.3 Å². The third-order valence-electron chi connectivity index (χ3n) is 3.29. The first kappa shape index (κ1) is 21.9. The van der Waals surface area contributed by atoms with Crippen LogP contribution in [0.1, 0.15) is 51.9 Å². The summed E-state index contributed by atoms with van der Waals surface area (Å²) in [7, 11) is 1.33. The van der Waals surface area contributed by atoms with Crippen molar-refractivity contribution >= 4 is 29.5 Å². The molecule has 2 amide bonds. The highest BCUT2D eigenvalue weighted by Gasteiger charge is 2.38. The van der Waals surface area contributed by atoms with Crippen molar-refractivity contribution < 1.29 is 33.7 Å². The monoisotopic (exact) mass is 408 g/mol. The summed E-state index contributed by atoms with van der Waals surface area (Å²) in [6, 6.07) is 0. The van der Waals surface area contributed by atoms with Crippen LogP contribution < -0.4 is 9.64 Å². The lowest BCUT2D eigenvalue weighted by atomic mass is 10.2. The number of nitrogens with zero attached hydrogens (tertiary/aromatic N) is 4. The third kappa shape index (κ3) is 4.92. The van der Waals surface area contributed by atoms with Crippen molar-refractivity contribution in [2.75, 3.05) is 12.0 Å². The van der Waals surface area contributed by atoms with Gasteiger partial charge in [-0.2, -0.15) is 4.90 Å². The number of carbonyl (C=O) groups excluding carboxylic acids is 2. The number of fused-ring (bicyclic) bond motifs is 1. The van der Waals surface area contributed by atoms with Crippen molar-refractivity contribution in [3.8, 4) is 5.75 Å². The van der Waals surface area contributed by atoms with E-state index in [2.05, 4.69) is 10.1 Å². The number of ether oxygens (including phenoxy) is 3. The molecular formula is C18H24N4O7. The summed E-state index contributed by atoms with van der Waals surface area (Å²) < 4.78 is 16.8. The summed E-state index contributed by atoms with van der Waals surface area (Å²) in [4.78, 5) is 42.0. The third-order valence-corrected chi connectivity index (χ3v) is 3.29. The Morgan fingerprint density at radius 1 is 1.03 bits per heavy atom. The molecule has 0 fully saturated rings. The molecule has 0 atom stereocenters. The predicted molar refractivity (Wildman–Crippen MR) is 101 cm³/mol. The van der Waals surface area contributed by atoms with E-state index in [9.17, 15) is 19.5 Å². The van der Waals surface area contributed by atoms with Crippen LogP contribution in [0.5, 0.6) is 5.75 Å². The summed E-state index contributed by atoms with van der Waals surface area (Å²) in [5.74, 6) is -1.82. The predicted octanol–water partition coefficient (Wildman–Crippen LogP) is 3.11. The summed E-state index contributed by atoms with van der Waals surface area (Å²) in [6.07, 6.45) is 0.239. The number of amides is 2. The molecule has 0 saturated carbocycles. The maximum absolute atomic E-state index is 12.8. The molecular weight excluding hydrogens is 384 g/mol. The second-order valence-corrected chi connectivity index (χ2v) is 8.06. The Balaban J connectivity index is 2.74. The van der Waals surface area contributed by atoms with E-state index < -0.39 is 40.7 Å². The SMILES string of the molecule is COc1cncn2nc(N(C(=O)OC(C)(C)C)C(=O)OC(C)(C)C)c(C(=O)O)c12. The Morgan fingerprint density at radius 2 is 1.55 bits per heavy atom. The first-order valence-corrected chi connectivity index (χ1v) is 8.65. The van der Waals surface area contributed by atoms with Crippen LogP contribution in [0.2, 0.25) is 0 Å². The lowest BCUT2D eigenvalue weighted by Crippen LogP contribution is -2.44. The van der Waals surface area contributed by atoms with Crippen molar-refractivity contribution in [3.05, 3.63) is 18.1 Å². The molecule has 2 heterocycles. The minimum atomic E-state index is -1.43. The van der Waals surface area contributed by atoms with Crippen LogP contribution >= 0.6 is 0 Å². The van der Waals surface area contributed by atoms with Gasteiger partial charge < -0.3 is 19.3 Å². The minimum Gasteiger partial charge on any atom is -0.493 e. The minimum absolute atomic E-state index is 0.0158. The Kier molecular flexibility index (Phi) is 5.72. The normalized spacial score (nSPS) is 11.8. The number of carboxylic acid groups (broad SMARTS) is 1. The second kappa shape index (κ2) is 7.57. The van der Waals surface area contributed by atoms with E-state index in [1.807, 2.05) is 0 Å². The van der Waals surface area contributed by atoms with Gasteiger partial charge in [-0.3, -0.25) is 0 Å². The van der Waals surface area contributed by atoms with Gasteiger partial charge in [-0.1, -0.05) is 0 Å². The van der Waals surface area contributed by atoms with E-state index >= 15 is 0 Å². The number of imide groups is 1. The number of anilines is 1. The second-order valence-electron chi connectivity index (χ2n) is 8.06. The maximum Gasteiger partial charge on any atom is 0.425 e. The van der Waals surface area contributed by atoms with Gasteiger partial charge in [0.25, 0.3) is 0 Å². The number of carbonyl (C=O) groups is 3. The average molecular weight is 408 g/mol. The van der Waals surface area contributed by atoms with Crippen LogP contribution in [-0.2, 0) is 9.47 Å². The van der Waals surface area contributed by atoms with E-state index in [1.165, 1.54) is 19.6 Å². The van der Waals surface area contributed by atoms with Gasteiger partial charge in [0, 0.05) is 0 Å². The number of rotatable bonds is 3. The van der Waals surface area contributed by atoms with E-state index in [0.717, 1.165) is 4.52 Å². The van der Waals surface area contributed by atoms with Gasteiger partial charge in [-0.05, 0) is 41.5 Å². The fourth-order valence-corrected chi connectivity index (χ4v) is 2.33. The van der Waals surface area contributed by atoms with Crippen molar-refractivity contribution in [3.63, 3.8) is 0 Å². The van der Waals surface area contributed by atoms with Gasteiger partial charge in [0.05, 0.1) is 13.3 Å². The highest BCUT2D eigenvalue weighted by atomic mass is 16.6. The number of hydrogen-bond acceptors (Lipinski definition) is 8. The Hall–Kier alpha value is -3.37. The maximum atomic E-state index is 12.8. The van der Waals surface area contributed by atoms with Crippen LogP contribution in [0.15, 0.2) is 12.5 Å². The lowest BCUT2D eigenvalue weighted by Gasteiger charge is -2.27. The van der Waals surface area contributed by atoms with Gasteiger partial charge in [-0.25, -0.2) is 23.9 Å². The fraction of sp³-hybridized carbons (Fsp3) is 0.500. The molecule has 0 aliphatic carbocycles. The van der Waals surface area contributed by atoms with E-state index in [1.54, 1.807) is 41.5 Å². The summed E-state index contributed by atoms with van der Waals surface area (Å²) in [6.45, 7) is 9.62. The van der Waals surface area contributed by atoms with E-state index in [0.29, 0.717) is 4.90 Å². The van der Waals surface area contributed by atoms with Gasteiger partial charge in [0.2, 0.25) is 0 Å². The van der Waals surface area contributed by atoms with Crippen LogP contribution in [0.3, 0.4) is 0 Å². The lowest BCUT2D eigenvalue weighted by molar-refractivity contribution is 0.0429. The zero-order valence-electron chi connectivity index (χ0n) is 17.3. The standard InChI is InChI=1S/C18H24N4O7/c1-17(2,3)28-15(25)22(16(26)29-18(4,5)6)13-11(14(23)24)12-10(27-7)8-19-9-21(12)20-13/h8-9H,1-7H3,(H,23,24). The molecule has 29 heavy (non-hydrogen) atoms. The molecule has 0 aliphatic rings. The molecule has 1 N–H and O–H groups in total. The van der Waals surface area contributed by atoms with Crippen LogP contribution in [0.25, 0.3) is 5.52 Å². The molecule has 11 nitrogen and oxygen atoms in total. The molecule has 0 aliphatic heterocycles. The Bertz CT molecular complexity index is 925. The molecule has 0 spiro atoms. The van der Waals surface area contributed by atoms with Crippen LogP contribution in [0.4, 0.5) is 15.4 Å². The molecule has 2 aromatic rings. The first-order valence-electron chi connectivity index (χ1n) is 8.65. The van der Waals surface area contributed by atoms with Crippen LogP contribution in [-0.4, -0.2) is 56.2 Å². The first-order chi connectivity index (χ1) is 13.2. The molecule has 0 bridgehead atoms. The molecule has 11 heteroatoms. The smallest absolute Gasteiger partial charge is 0.425 e. The van der Waals surface area contributed by atoms with Gasteiger partial charge >= 0.3 is 18.2 Å². The zero-order valence-corrected chi connectivity index (χ0v) is 17.3. The van der Waals surface area contributed by atoms with Crippen molar-refractivity contribution in [1.82, 2.24) is 14.6 Å². The van der Waals surface area contributed by atoms with Gasteiger partial charge in [0.15, 0.2) is 11.6 Å². The Morgan fingerprint density at radius 3 is 1.97 bits per heavy atom. The van der Waals surface area contributed by atoms with Crippen molar-refractivity contribution in [2.24, 2.45) is 0 Å². The van der Waals surface area contributed by atoms with Gasteiger partial charge in [-0.15, -0.1) is 5.10 Å². The van der Waals surface area contributed by atoms with Crippen molar-refractivity contribution in [2.45, 2.75) is 52.7 Å². The van der Waals surface area contributed by atoms with Gasteiger partial charge in [0.1, 0.15) is 28.6 Å². The highest BCUT2D eigenvalue weighted by Crippen LogP contribution is 2.31. The molecule has 2 rings (SSSR count). The molecule has 0 unspecified atom stereocenters. The van der Waals surface area contributed by atoms with Crippen LogP contribution in [0, 0.1) is 0 Å². The number of aromatic carboxylic acids is 1. The summed E-state index contributed by atoms with van der Waals surface area (Å²) in [5.41, 5.74) is -2.35. The van der Waals surface area contributed by atoms with Crippen molar-refractivity contribution in [1.29, 1.82) is 0 Å². The molecule has 0 saturated heterocycles. The molecule has 158 valence electrons. The quantitative estimate of drug-likeness (QED) is 0.813. The summed E-state index contributed by atoms with van der Waals surface area (Å²) >= 11 is 0. The average Bonchev–Trinajstić information content (AvgIpc) is 2.90. The van der Waals surface area contributed by atoms with E-state index in [4.69, 9.17) is 14.2 Å². The molecule has 2 aromatic heterocycles. The number of hydrogen-bond donors (Lipinski definition) is 1. The topological polar surface area (TPSA) is 133 Å². The fourth-order valence-electron chi connectivity index (χ4n) is 2.33. The molecule has 0 radical (unpaired) electrons.